The number of hydrogen-bond donors (Lipinski definition) is 2. The summed E-state index contributed by atoms with van der Waals surface area (Å²) in [5.74, 6) is -0.134. The number of carbonyl (C=O) groups excluding carboxylic acids is 1. The van der Waals surface area contributed by atoms with Crippen molar-refractivity contribution in [3.63, 3.8) is 0 Å². The van der Waals surface area contributed by atoms with Gasteiger partial charge in [-0.1, -0.05) is 0 Å². The molecule has 1 amide bonds. The standard InChI is InChI=1S/C11H17N3O3/c1-8-6-17-10(13-8)14-9(15)11(7-12)2-4-16-5-3-11/h6H,2-5,7,12H2,1H3,(H,13,14,15). The number of anilines is 1. The lowest BCUT2D eigenvalue weighted by atomic mass is 9.79. The van der Waals surface area contributed by atoms with Crippen molar-refractivity contribution < 1.29 is 13.9 Å². The molecule has 6 heteroatoms. The van der Waals surface area contributed by atoms with Gasteiger partial charge in [-0.15, -0.1) is 0 Å². The number of carbonyl (C=O) groups is 1. The molecule has 0 aromatic carbocycles. The number of nitrogens with zero attached hydrogens (tertiary/aromatic N) is 1. The molecule has 2 heterocycles. The van der Waals surface area contributed by atoms with Crippen LogP contribution in [0, 0.1) is 12.3 Å². The van der Waals surface area contributed by atoms with E-state index in [1.807, 2.05) is 0 Å². The van der Waals surface area contributed by atoms with E-state index in [0.29, 0.717) is 32.6 Å². The molecule has 6 nitrogen and oxygen atoms in total. The van der Waals surface area contributed by atoms with Crippen LogP contribution in [0.4, 0.5) is 6.01 Å². The fraction of sp³-hybridized carbons (Fsp3) is 0.636. The number of nitrogens with one attached hydrogen (secondary N) is 1. The van der Waals surface area contributed by atoms with Gasteiger partial charge in [0.1, 0.15) is 6.26 Å². The van der Waals surface area contributed by atoms with Crippen LogP contribution in [-0.2, 0) is 9.53 Å². The van der Waals surface area contributed by atoms with Crippen LogP contribution in [0.2, 0.25) is 0 Å². The Morgan fingerprint density at radius 3 is 2.82 bits per heavy atom. The Morgan fingerprint density at radius 2 is 2.29 bits per heavy atom. The molecule has 1 aromatic heterocycles. The number of oxazole rings is 1. The van der Waals surface area contributed by atoms with E-state index < -0.39 is 5.41 Å². The second-order valence-corrected chi connectivity index (χ2v) is 4.34. The molecule has 0 unspecified atom stereocenters. The fourth-order valence-corrected chi connectivity index (χ4v) is 1.93. The first-order valence-electron chi connectivity index (χ1n) is 5.68. The summed E-state index contributed by atoms with van der Waals surface area (Å²) in [6, 6.07) is 0.229. The van der Waals surface area contributed by atoms with E-state index in [0.717, 1.165) is 5.69 Å². The molecule has 0 saturated carbocycles. The topological polar surface area (TPSA) is 90.4 Å². The molecule has 0 aliphatic carbocycles. The Balaban J connectivity index is 2.07. The van der Waals surface area contributed by atoms with Crippen molar-refractivity contribution in [3.05, 3.63) is 12.0 Å². The summed E-state index contributed by atoms with van der Waals surface area (Å²) in [4.78, 5) is 16.2. The Labute approximate surface area is 99.5 Å². The quantitative estimate of drug-likeness (QED) is 0.809. The fourth-order valence-electron chi connectivity index (χ4n) is 1.93. The molecule has 3 N–H and O–H groups in total. The summed E-state index contributed by atoms with van der Waals surface area (Å²) in [6.07, 6.45) is 2.76. The van der Waals surface area contributed by atoms with E-state index in [1.165, 1.54) is 6.26 Å². The predicted octanol–water partition coefficient (Wildman–Crippen LogP) is 0.677. The number of nitrogens with two attached hydrogens (primary N) is 1. The van der Waals surface area contributed by atoms with Crippen LogP contribution < -0.4 is 11.1 Å². The molecule has 2 rings (SSSR count). The minimum absolute atomic E-state index is 0.134. The second-order valence-electron chi connectivity index (χ2n) is 4.34. The smallest absolute Gasteiger partial charge is 0.301 e. The molecular weight excluding hydrogens is 222 g/mol. The lowest BCUT2D eigenvalue weighted by Gasteiger charge is -2.33. The van der Waals surface area contributed by atoms with Crippen LogP contribution in [0.3, 0.4) is 0 Å². The van der Waals surface area contributed by atoms with Crippen LogP contribution in [0.5, 0.6) is 0 Å². The molecule has 1 fully saturated rings. The van der Waals surface area contributed by atoms with Gasteiger partial charge in [0.05, 0.1) is 11.1 Å². The molecule has 1 aromatic rings. The summed E-state index contributed by atoms with van der Waals surface area (Å²) in [7, 11) is 0. The summed E-state index contributed by atoms with van der Waals surface area (Å²) in [5, 5.41) is 2.67. The first-order valence-corrected chi connectivity index (χ1v) is 5.68. The van der Waals surface area contributed by atoms with Gasteiger partial charge in [-0.3, -0.25) is 10.1 Å². The Morgan fingerprint density at radius 1 is 1.59 bits per heavy atom. The van der Waals surface area contributed by atoms with Crippen LogP contribution in [0.1, 0.15) is 18.5 Å². The van der Waals surface area contributed by atoms with E-state index in [-0.39, 0.29) is 11.9 Å². The van der Waals surface area contributed by atoms with Gasteiger partial charge < -0.3 is 14.9 Å². The van der Waals surface area contributed by atoms with Crippen LogP contribution >= 0.6 is 0 Å². The summed E-state index contributed by atoms with van der Waals surface area (Å²) < 4.78 is 10.4. The molecule has 1 aliphatic heterocycles. The van der Waals surface area contributed by atoms with Gasteiger partial charge in [-0.2, -0.15) is 4.98 Å². The molecule has 0 spiro atoms. The monoisotopic (exact) mass is 239 g/mol. The van der Waals surface area contributed by atoms with Crippen molar-refractivity contribution in [2.75, 3.05) is 25.1 Å². The maximum Gasteiger partial charge on any atom is 0.301 e. The zero-order chi connectivity index (χ0) is 12.3. The van der Waals surface area contributed by atoms with Crippen molar-refractivity contribution >= 4 is 11.9 Å². The van der Waals surface area contributed by atoms with Gasteiger partial charge in [-0.25, -0.2) is 0 Å². The van der Waals surface area contributed by atoms with Gasteiger partial charge in [0.2, 0.25) is 5.91 Å². The highest BCUT2D eigenvalue weighted by Gasteiger charge is 2.39. The van der Waals surface area contributed by atoms with Crippen molar-refractivity contribution in [3.8, 4) is 0 Å². The minimum Gasteiger partial charge on any atom is -0.432 e. The first-order chi connectivity index (χ1) is 8.16. The zero-order valence-corrected chi connectivity index (χ0v) is 9.86. The van der Waals surface area contributed by atoms with E-state index in [9.17, 15) is 4.79 Å². The largest absolute Gasteiger partial charge is 0.432 e. The van der Waals surface area contributed by atoms with Crippen molar-refractivity contribution in [2.45, 2.75) is 19.8 Å². The van der Waals surface area contributed by atoms with Gasteiger partial charge >= 0.3 is 6.01 Å². The van der Waals surface area contributed by atoms with E-state index in [1.54, 1.807) is 6.92 Å². The third-order valence-electron chi connectivity index (χ3n) is 3.16. The number of aromatic nitrogens is 1. The van der Waals surface area contributed by atoms with Crippen LogP contribution in [0.25, 0.3) is 0 Å². The van der Waals surface area contributed by atoms with Crippen molar-refractivity contribution in [2.24, 2.45) is 11.1 Å². The highest BCUT2D eigenvalue weighted by molar-refractivity contribution is 5.93. The Bertz CT molecular complexity index is 396. The molecule has 0 atom stereocenters. The van der Waals surface area contributed by atoms with Gasteiger partial charge in [0.15, 0.2) is 0 Å². The van der Waals surface area contributed by atoms with E-state index in [4.69, 9.17) is 14.9 Å². The maximum absolute atomic E-state index is 12.2. The van der Waals surface area contributed by atoms with Crippen molar-refractivity contribution in [1.29, 1.82) is 0 Å². The van der Waals surface area contributed by atoms with Crippen LogP contribution in [-0.4, -0.2) is 30.6 Å². The highest BCUT2D eigenvalue weighted by atomic mass is 16.5. The zero-order valence-electron chi connectivity index (χ0n) is 9.86. The summed E-state index contributed by atoms with van der Waals surface area (Å²) in [6.45, 7) is 3.23. The molecule has 94 valence electrons. The number of ether oxygens (including phenoxy) is 1. The molecule has 1 aliphatic rings. The third-order valence-corrected chi connectivity index (χ3v) is 3.16. The Kier molecular flexibility index (Phi) is 3.44. The van der Waals surface area contributed by atoms with Gasteiger partial charge in [0, 0.05) is 19.8 Å². The van der Waals surface area contributed by atoms with Gasteiger partial charge in [-0.05, 0) is 19.8 Å². The number of rotatable bonds is 3. The van der Waals surface area contributed by atoms with E-state index >= 15 is 0 Å². The molecule has 17 heavy (non-hydrogen) atoms. The normalized spacial score (nSPS) is 18.9. The minimum atomic E-state index is -0.555. The van der Waals surface area contributed by atoms with E-state index in [2.05, 4.69) is 10.3 Å². The number of amides is 1. The average Bonchev–Trinajstić information content (AvgIpc) is 2.75. The molecule has 0 radical (unpaired) electrons. The lowest BCUT2D eigenvalue weighted by molar-refractivity contribution is -0.130. The maximum atomic E-state index is 12.2. The predicted molar refractivity (Wildman–Crippen MR) is 61.4 cm³/mol. The second kappa shape index (κ2) is 4.85. The average molecular weight is 239 g/mol. The summed E-state index contributed by atoms with van der Waals surface area (Å²) in [5.41, 5.74) is 5.91. The third kappa shape index (κ3) is 2.48. The number of aryl methyl sites for hydroxylation is 1. The summed E-state index contributed by atoms with van der Waals surface area (Å²) >= 11 is 0. The molecule has 1 saturated heterocycles. The SMILES string of the molecule is Cc1coc(NC(=O)C2(CN)CCOCC2)n1. The van der Waals surface area contributed by atoms with Crippen molar-refractivity contribution in [1.82, 2.24) is 4.98 Å². The Hall–Kier alpha value is -1.40. The highest BCUT2D eigenvalue weighted by Crippen LogP contribution is 2.30. The molecular formula is C11H17N3O3. The number of hydrogen-bond acceptors (Lipinski definition) is 5. The van der Waals surface area contributed by atoms with Crippen LogP contribution in [0.15, 0.2) is 10.7 Å². The first kappa shape index (κ1) is 12.1. The van der Waals surface area contributed by atoms with Gasteiger partial charge in [0.25, 0.3) is 0 Å². The lowest BCUT2D eigenvalue weighted by Crippen LogP contribution is -2.46. The molecule has 0 bridgehead atoms.